The average molecular weight is 272 g/mol. The summed E-state index contributed by atoms with van der Waals surface area (Å²) in [5.74, 6) is 0.00783. The van der Waals surface area contributed by atoms with Gasteiger partial charge in [0.1, 0.15) is 15.6 Å². The molecule has 0 aliphatic carbocycles. The van der Waals surface area contributed by atoms with Crippen LogP contribution in [0, 0.1) is 0 Å². The molecule has 0 aliphatic rings. The van der Waals surface area contributed by atoms with Crippen molar-refractivity contribution in [2.24, 2.45) is 0 Å². The van der Waals surface area contributed by atoms with Gasteiger partial charge in [0.15, 0.2) is 0 Å². The van der Waals surface area contributed by atoms with Crippen LogP contribution in [0.1, 0.15) is 6.42 Å². The van der Waals surface area contributed by atoms with E-state index in [-0.39, 0.29) is 12.2 Å². The zero-order valence-corrected chi connectivity index (χ0v) is 11.1. The number of anilines is 2. The van der Waals surface area contributed by atoms with E-state index in [2.05, 4.69) is 5.32 Å². The minimum Gasteiger partial charge on any atom is -0.497 e. The first-order chi connectivity index (χ1) is 8.31. The van der Waals surface area contributed by atoms with Crippen LogP contribution in [-0.4, -0.2) is 33.4 Å². The van der Waals surface area contributed by atoms with Crippen molar-refractivity contribution in [3.05, 3.63) is 18.2 Å². The van der Waals surface area contributed by atoms with Crippen LogP contribution in [0.5, 0.6) is 5.75 Å². The summed E-state index contributed by atoms with van der Waals surface area (Å²) in [6.45, 7) is 0. The molecule has 0 fully saturated rings. The number of methoxy groups -OCH3 is 1. The van der Waals surface area contributed by atoms with Gasteiger partial charge in [-0.15, -0.1) is 0 Å². The van der Waals surface area contributed by atoms with Crippen LogP contribution in [0.2, 0.25) is 0 Å². The second-order valence-corrected chi connectivity index (χ2v) is 6.14. The Morgan fingerprint density at radius 1 is 1.44 bits per heavy atom. The van der Waals surface area contributed by atoms with Crippen molar-refractivity contribution in [3.8, 4) is 5.75 Å². The van der Waals surface area contributed by atoms with Gasteiger partial charge in [-0.05, 0) is 12.1 Å². The van der Waals surface area contributed by atoms with E-state index in [1.807, 2.05) is 0 Å². The molecule has 100 valence electrons. The van der Waals surface area contributed by atoms with Gasteiger partial charge in [-0.25, -0.2) is 8.42 Å². The Morgan fingerprint density at radius 3 is 2.61 bits per heavy atom. The number of nitrogen functional groups attached to an aromatic ring is 1. The summed E-state index contributed by atoms with van der Waals surface area (Å²) >= 11 is 0. The maximum absolute atomic E-state index is 11.5. The molecule has 0 saturated carbocycles. The predicted molar refractivity (Wildman–Crippen MR) is 70.4 cm³/mol. The number of benzene rings is 1. The zero-order chi connectivity index (χ0) is 13.8. The van der Waals surface area contributed by atoms with Crippen LogP contribution in [0.25, 0.3) is 0 Å². The van der Waals surface area contributed by atoms with Crippen LogP contribution in [0.15, 0.2) is 18.2 Å². The molecule has 1 aromatic carbocycles. The molecule has 18 heavy (non-hydrogen) atoms. The van der Waals surface area contributed by atoms with E-state index >= 15 is 0 Å². The molecule has 0 unspecified atom stereocenters. The number of rotatable bonds is 5. The van der Waals surface area contributed by atoms with Gasteiger partial charge in [-0.2, -0.15) is 0 Å². The Balaban J connectivity index is 2.65. The Hall–Kier alpha value is -1.76. The molecule has 6 nitrogen and oxygen atoms in total. The fraction of sp³-hybridized carbons (Fsp3) is 0.364. The Morgan fingerprint density at radius 2 is 2.11 bits per heavy atom. The number of nitrogens with one attached hydrogen (secondary N) is 1. The first kappa shape index (κ1) is 14.3. The highest BCUT2D eigenvalue weighted by molar-refractivity contribution is 7.90. The van der Waals surface area contributed by atoms with Gasteiger partial charge in [0.05, 0.1) is 24.2 Å². The van der Waals surface area contributed by atoms with Gasteiger partial charge >= 0.3 is 0 Å². The van der Waals surface area contributed by atoms with Crippen molar-refractivity contribution in [2.75, 3.05) is 30.2 Å². The summed E-state index contributed by atoms with van der Waals surface area (Å²) in [5, 5.41) is 2.55. The Kier molecular flexibility index (Phi) is 4.55. The van der Waals surface area contributed by atoms with Crippen LogP contribution in [0.3, 0.4) is 0 Å². The number of ether oxygens (including phenoxy) is 1. The summed E-state index contributed by atoms with van der Waals surface area (Å²) in [4.78, 5) is 11.5. The first-order valence-electron chi connectivity index (χ1n) is 5.23. The number of hydrogen-bond donors (Lipinski definition) is 2. The molecule has 0 spiro atoms. The lowest BCUT2D eigenvalue weighted by molar-refractivity contribution is -0.115. The van der Waals surface area contributed by atoms with Crippen LogP contribution >= 0.6 is 0 Å². The third-order valence-corrected chi connectivity index (χ3v) is 3.18. The number of sulfone groups is 1. The van der Waals surface area contributed by atoms with Gasteiger partial charge in [0.25, 0.3) is 0 Å². The summed E-state index contributed by atoms with van der Waals surface area (Å²) in [6, 6.07) is 4.83. The van der Waals surface area contributed by atoms with Crippen molar-refractivity contribution < 1.29 is 17.9 Å². The molecule has 0 aliphatic heterocycles. The van der Waals surface area contributed by atoms with Gasteiger partial charge in [-0.1, -0.05) is 0 Å². The lowest BCUT2D eigenvalue weighted by Gasteiger charge is -2.09. The SMILES string of the molecule is COc1ccc(NC(=O)CCS(C)(=O)=O)c(N)c1. The van der Waals surface area contributed by atoms with E-state index in [4.69, 9.17) is 10.5 Å². The maximum atomic E-state index is 11.5. The number of carbonyl (C=O) groups excluding carboxylic acids is 1. The highest BCUT2D eigenvalue weighted by Gasteiger charge is 2.10. The normalized spacial score (nSPS) is 11.0. The molecule has 3 N–H and O–H groups in total. The van der Waals surface area contributed by atoms with E-state index in [1.165, 1.54) is 7.11 Å². The quantitative estimate of drug-likeness (QED) is 0.767. The summed E-state index contributed by atoms with van der Waals surface area (Å²) in [5.41, 5.74) is 6.52. The molecule has 0 atom stereocenters. The Labute approximate surface area is 106 Å². The van der Waals surface area contributed by atoms with E-state index in [9.17, 15) is 13.2 Å². The van der Waals surface area contributed by atoms with Crippen molar-refractivity contribution in [1.82, 2.24) is 0 Å². The Bertz CT molecular complexity index is 540. The number of amides is 1. The zero-order valence-electron chi connectivity index (χ0n) is 10.3. The fourth-order valence-electron chi connectivity index (χ4n) is 1.27. The number of nitrogens with two attached hydrogens (primary N) is 1. The van der Waals surface area contributed by atoms with Crippen molar-refractivity contribution in [3.63, 3.8) is 0 Å². The van der Waals surface area contributed by atoms with Crippen molar-refractivity contribution in [1.29, 1.82) is 0 Å². The predicted octanol–water partition coefficient (Wildman–Crippen LogP) is 0.651. The minimum atomic E-state index is -3.14. The second-order valence-electron chi connectivity index (χ2n) is 3.88. The highest BCUT2D eigenvalue weighted by Crippen LogP contribution is 2.24. The van der Waals surface area contributed by atoms with E-state index in [0.717, 1.165) is 6.26 Å². The molecule has 1 aromatic rings. The first-order valence-corrected chi connectivity index (χ1v) is 7.29. The molecule has 0 heterocycles. The standard InChI is InChI=1S/C11H16N2O4S/c1-17-8-3-4-10(9(12)7-8)13-11(14)5-6-18(2,15)16/h3-4,7H,5-6,12H2,1-2H3,(H,13,14). The van der Waals surface area contributed by atoms with Gasteiger partial charge in [0, 0.05) is 18.7 Å². The third-order valence-electron chi connectivity index (χ3n) is 2.23. The fourth-order valence-corrected chi connectivity index (χ4v) is 1.83. The molecular formula is C11H16N2O4S. The molecule has 7 heteroatoms. The van der Waals surface area contributed by atoms with Crippen molar-refractivity contribution >= 4 is 27.1 Å². The van der Waals surface area contributed by atoms with Gasteiger partial charge < -0.3 is 15.8 Å². The number of carbonyl (C=O) groups is 1. The largest absolute Gasteiger partial charge is 0.497 e. The monoisotopic (exact) mass is 272 g/mol. The molecule has 0 radical (unpaired) electrons. The molecule has 1 amide bonds. The lowest BCUT2D eigenvalue weighted by atomic mass is 10.2. The van der Waals surface area contributed by atoms with Gasteiger partial charge in [0.2, 0.25) is 5.91 Å². The maximum Gasteiger partial charge on any atom is 0.225 e. The van der Waals surface area contributed by atoms with Crippen LogP contribution < -0.4 is 15.8 Å². The van der Waals surface area contributed by atoms with E-state index < -0.39 is 15.7 Å². The third kappa shape index (κ3) is 4.62. The van der Waals surface area contributed by atoms with E-state index in [0.29, 0.717) is 17.1 Å². The minimum absolute atomic E-state index is 0.0930. The topological polar surface area (TPSA) is 98.5 Å². The van der Waals surface area contributed by atoms with E-state index in [1.54, 1.807) is 18.2 Å². The summed E-state index contributed by atoms with van der Waals surface area (Å²) < 4.78 is 26.8. The van der Waals surface area contributed by atoms with Crippen LogP contribution in [0.4, 0.5) is 11.4 Å². The van der Waals surface area contributed by atoms with Crippen LogP contribution in [-0.2, 0) is 14.6 Å². The molecule has 0 bridgehead atoms. The number of hydrogen-bond acceptors (Lipinski definition) is 5. The second kappa shape index (κ2) is 5.72. The van der Waals surface area contributed by atoms with Crippen molar-refractivity contribution in [2.45, 2.75) is 6.42 Å². The molecule has 1 rings (SSSR count). The smallest absolute Gasteiger partial charge is 0.225 e. The summed E-state index contributed by atoms with van der Waals surface area (Å²) in [7, 11) is -1.63. The average Bonchev–Trinajstić information content (AvgIpc) is 2.28. The molecular weight excluding hydrogens is 256 g/mol. The lowest BCUT2D eigenvalue weighted by Crippen LogP contribution is -2.17. The molecule has 0 saturated heterocycles. The molecule has 0 aromatic heterocycles. The highest BCUT2D eigenvalue weighted by atomic mass is 32.2. The van der Waals surface area contributed by atoms with Gasteiger partial charge in [-0.3, -0.25) is 4.79 Å². The summed E-state index contributed by atoms with van der Waals surface area (Å²) in [6.07, 6.45) is 0.992.